The van der Waals surface area contributed by atoms with Crippen LogP contribution in [0.15, 0.2) is 16.0 Å². The summed E-state index contributed by atoms with van der Waals surface area (Å²) >= 11 is 13.8. The summed E-state index contributed by atoms with van der Waals surface area (Å²) in [4.78, 5) is 3.92. The third kappa shape index (κ3) is 3.42. The summed E-state index contributed by atoms with van der Waals surface area (Å²) in [6, 6.07) is 0. The number of halogens is 2. The van der Waals surface area contributed by atoms with Crippen molar-refractivity contribution in [2.24, 2.45) is 0 Å². The first-order valence-electron chi connectivity index (χ1n) is 2.64. The van der Waals surface area contributed by atoms with Crippen LogP contribution in [0.3, 0.4) is 0 Å². The second kappa shape index (κ2) is 4.30. The molecule has 0 aliphatic carbocycles. The van der Waals surface area contributed by atoms with Crippen molar-refractivity contribution in [3.8, 4) is 0 Å². The van der Waals surface area contributed by atoms with Crippen LogP contribution in [0.2, 0.25) is 5.28 Å². The highest BCUT2D eigenvalue weighted by Gasteiger charge is 2.01. The third-order valence-corrected chi connectivity index (χ3v) is 3.22. The summed E-state index contributed by atoms with van der Waals surface area (Å²) in [6.07, 6.45) is 0. The Labute approximate surface area is 82.8 Å². The monoisotopic (exact) mass is 226 g/mol. The van der Waals surface area contributed by atoms with Crippen LogP contribution in [-0.4, -0.2) is 15.1 Å². The third-order valence-electron chi connectivity index (χ3n) is 0.735. The Morgan fingerprint density at radius 3 is 2.91 bits per heavy atom. The normalized spacial score (nSPS) is 10.0. The molecule has 0 aliphatic rings. The van der Waals surface area contributed by atoms with Gasteiger partial charge >= 0.3 is 0 Å². The highest BCUT2D eigenvalue weighted by Crippen LogP contribution is 2.24. The second-order valence-corrected chi connectivity index (χ2v) is 4.48. The van der Waals surface area contributed by atoms with Crippen molar-refractivity contribution in [1.82, 2.24) is 9.36 Å². The number of hydrogen-bond donors (Lipinski definition) is 0. The van der Waals surface area contributed by atoms with Crippen molar-refractivity contribution >= 4 is 46.5 Å². The number of nitrogens with zero attached hydrogens (tertiary/aromatic N) is 2. The van der Waals surface area contributed by atoms with Gasteiger partial charge in [-0.15, -0.1) is 0 Å². The maximum Gasteiger partial charge on any atom is 0.235 e. The molecule has 1 heterocycles. The minimum atomic E-state index is 0.290. The fourth-order valence-electron chi connectivity index (χ4n) is 0.392. The highest BCUT2D eigenvalue weighted by atomic mass is 35.5. The molecule has 0 fully saturated rings. The first-order chi connectivity index (χ1) is 5.18. The number of thioether (sulfide) groups is 1. The predicted molar refractivity (Wildman–Crippen MR) is 50.6 cm³/mol. The summed E-state index contributed by atoms with van der Waals surface area (Å²) in [5.74, 6) is 0.646. The second-order valence-electron chi connectivity index (χ2n) is 1.64. The van der Waals surface area contributed by atoms with Crippen molar-refractivity contribution in [1.29, 1.82) is 0 Å². The summed E-state index contributed by atoms with van der Waals surface area (Å²) < 4.78 is 4.61. The molecule has 0 bridgehead atoms. The predicted octanol–water partition coefficient (Wildman–Crippen LogP) is 3.04. The topological polar surface area (TPSA) is 25.8 Å². The Kier molecular flexibility index (Phi) is 3.65. The zero-order valence-electron chi connectivity index (χ0n) is 5.38. The van der Waals surface area contributed by atoms with Crippen LogP contribution in [0.25, 0.3) is 0 Å². The first kappa shape index (κ1) is 9.32. The summed E-state index contributed by atoms with van der Waals surface area (Å²) in [5, 5.41) is 0.888. The lowest BCUT2D eigenvalue weighted by Crippen LogP contribution is -1.75. The van der Waals surface area contributed by atoms with Gasteiger partial charge in [-0.05, 0) is 23.1 Å². The van der Waals surface area contributed by atoms with E-state index in [1.165, 1.54) is 23.3 Å². The lowest BCUT2D eigenvalue weighted by atomic mass is 10.7. The van der Waals surface area contributed by atoms with E-state index >= 15 is 0 Å². The fraction of sp³-hybridized carbons (Fsp3) is 0.200. The van der Waals surface area contributed by atoms with Gasteiger partial charge in [0.1, 0.15) is 0 Å². The quantitative estimate of drug-likeness (QED) is 0.742. The van der Waals surface area contributed by atoms with E-state index in [0.29, 0.717) is 10.8 Å². The molecule has 0 amide bonds. The molecule has 1 aromatic rings. The SMILES string of the molecule is C=C(Cl)CSc1nc(Cl)ns1. The number of rotatable bonds is 3. The van der Waals surface area contributed by atoms with E-state index < -0.39 is 0 Å². The summed E-state index contributed by atoms with van der Waals surface area (Å²) in [7, 11) is 0. The van der Waals surface area contributed by atoms with Crippen molar-refractivity contribution in [2.45, 2.75) is 4.34 Å². The number of hydrogen-bond acceptors (Lipinski definition) is 4. The van der Waals surface area contributed by atoms with E-state index in [0.717, 1.165) is 4.34 Å². The molecule has 11 heavy (non-hydrogen) atoms. The zero-order chi connectivity index (χ0) is 8.27. The van der Waals surface area contributed by atoms with Gasteiger partial charge < -0.3 is 0 Å². The van der Waals surface area contributed by atoms with Crippen molar-refractivity contribution in [3.63, 3.8) is 0 Å². The largest absolute Gasteiger partial charge is 0.235 e. The Morgan fingerprint density at radius 2 is 2.45 bits per heavy atom. The molecule has 0 spiro atoms. The van der Waals surface area contributed by atoms with E-state index in [-0.39, 0.29) is 5.28 Å². The molecule has 0 radical (unpaired) electrons. The summed E-state index contributed by atoms with van der Waals surface area (Å²) in [5.41, 5.74) is 0. The molecule has 0 aromatic carbocycles. The highest BCUT2D eigenvalue weighted by molar-refractivity contribution is 8.01. The van der Waals surface area contributed by atoms with Crippen LogP contribution in [-0.2, 0) is 0 Å². The molecule has 6 heteroatoms. The maximum atomic E-state index is 5.54. The van der Waals surface area contributed by atoms with Crippen molar-refractivity contribution in [2.75, 3.05) is 5.75 Å². The van der Waals surface area contributed by atoms with E-state index in [2.05, 4.69) is 15.9 Å². The van der Waals surface area contributed by atoms with E-state index in [4.69, 9.17) is 23.2 Å². The van der Waals surface area contributed by atoms with Gasteiger partial charge in [0.05, 0.1) is 0 Å². The van der Waals surface area contributed by atoms with Gasteiger partial charge in [-0.3, -0.25) is 0 Å². The van der Waals surface area contributed by atoms with Crippen LogP contribution in [0.1, 0.15) is 0 Å². The molecule has 0 saturated carbocycles. The van der Waals surface area contributed by atoms with Gasteiger partial charge in [0, 0.05) is 10.8 Å². The molecular formula is C5H4Cl2N2S2. The van der Waals surface area contributed by atoms with E-state index in [1.54, 1.807) is 0 Å². The molecule has 60 valence electrons. The fourth-order valence-corrected chi connectivity index (χ4v) is 2.10. The van der Waals surface area contributed by atoms with Gasteiger partial charge in [-0.1, -0.05) is 29.9 Å². The average Bonchev–Trinajstić information content (AvgIpc) is 2.31. The molecule has 1 rings (SSSR count). The lowest BCUT2D eigenvalue weighted by molar-refractivity contribution is 1.22. The lowest BCUT2D eigenvalue weighted by Gasteiger charge is -1.90. The molecule has 1 aromatic heterocycles. The Hall–Kier alpha value is 0.230. The van der Waals surface area contributed by atoms with Crippen LogP contribution in [0.5, 0.6) is 0 Å². The minimum Gasteiger partial charge on any atom is -0.198 e. The maximum absolute atomic E-state index is 5.54. The van der Waals surface area contributed by atoms with Gasteiger partial charge in [-0.2, -0.15) is 9.36 Å². The van der Waals surface area contributed by atoms with Crippen LogP contribution < -0.4 is 0 Å². The molecule has 0 unspecified atom stereocenters. The van der Waals surface area contributed by atoms with Crippen LogP contribution in [0.4, 0.5) is 0 Å². The molecule has 0 atom stereocenters. The molecule has 0 N–H and O–H groups in total. The van der Waals surface area contributed by atoms with Gasteiger partial charge in [0.2, 0.25) is 5.28 Å². The summed E-state index contributed by atoms with van der Waals surface area (Å²) in [6.45, 7) is 3.55. The average molecular weight is 227 g/mol. The van der Waals surface area contributed by atoms with Gasteiger partial charge in [0.25, 0.3) is 0 Å². The minimum absolute atomic E-state index is 0.290. The van der Waals surface area contributed by atoms with E-state index in [1.807, 2.05) is 0 Å². The van der Waals surface area contributed by atoms with Crippen LogP contribution in [0, 0.1) is 0 Å². The van der Waals surface area contributed by atoms with Crippen molar-refractivity contribution in [3.05, 3.63) is 16.9 Å². The van der Waals surface area contributed by atoms with E-state index in [9.17, 15) is 0 Å². The van der Waals surface area contributed by atoms with Crippen LogP contribution >= 0.6 is 46.5 Å². The van der Waals surface area contributed by atoms with Gasteiger partial charge in [-0.25, -0.2) is 0 Å². The Balaban J connectivity index is 2.45. The van der Waals surface area contributed by atoms with Crippen molar-refractivity contribution < 1.29 is 0 Å². The first-order valence-corrected chi connectivity index (χ1v) is 5.15. The Bertz CT molecular complexity index is 261. The molecule has 0 saturated heterocycles. The molecule has 0 aliphatic heterocycles. The molecular weight excluding hydrogens is 223 g/mol. The van der Waals surface area contributed by atoms with Gasteiger partial charge in [0.15, 0.2) is 4.34 Å². The number of aromatic nitrogens is 2. The molecule has 2 nitrogen and oxygen atoms in total. The smallest absolute Gasteiger partial charge is 0.198 e. The zero-order valence-corrected chi connectivity index (χ0v) is 8.53. The Morgan fingerprint density at radius 1 is 1.73 bits per heavy atom. The standard InChI is InChI=1S/C5H4Cl2N2S2/c1-3(6)2-10-5-8-4(7)9-11-5/h1-2H2.